The molecule has 0 atom stereocenters. The van der Waals surface area contributed by atoms with Crippen molar-refractivity contribution in [1.29, 1.82) is 0 Å². The molecule has 0 heterocycles. The molecule has 0 fully saturated rings. The Labute approximate surface area is 141 Å². The topological polar surface area (TPSA) is 72.2 Å². The van der Waals surface area contributed by atoms with Gasteiger partial charge in [0.1, 0.15) is 0 Å². The number of nitro groups is 1. The van der Waals surface area contributed by atoms with E-state index >= 15 is 0 Å². The van der Waals surface area contributed by atoms with E-state index in [0.717, 1.165) is 11.1 Å². The lowest BCUT2D eigenvalue weighted by Crippen LogP contribution is -2.28. The Morgan fingerprint density at radius 1 is 1.12 bits per heavy atom. The second-order valence-electron chi connectivity index (χ2n) is 5.88. The SMILES string of the molecule is CC(C)CNC(=O)/C(=C/c1ccc([N+](=O)[O-])cc1)c1ccccc1. The van der Waals surface area contributed by atoms with Gasteiger partial charge < -0.3 is 5.32 Å². The molecule has 24 heavy (non-hydrogen) atoms. The number of hydrogen-bond donors (Lipinski definition) is 1. The molecule has 124 valence electrons. The van der Waals surface area contributed by atoms with Crippen LogP contribution in [0.2, 0.25) is 0 Å². The molecule has 2 aromatic rings. The number of carbonyl (C=O) groups is 1. The molecule has 1 N–H and O–H groups in total. The summed E-state index contributed by atoms with van der Waals surface area (Å²) in [5.41, 5.74) is 2.10. The molecule has 5 nitrogen and oxygen atoms in total. The van der Waals surface area contributed by atoms with Crippen molar-refractivity contribution >= 4 is 23.2 Å². The molecule has 1 amide bonds. The molecule has 0 aliphatic heterocycles. The highest BCUT2D eigenvalue weighted by Crippen LogP contribution is 2.20. The number of carbonyl (C=O) groups excluding carboxylic acids is 1. The van der Waals surface area contributed by atoms with Crippen LogP contribution in [0.4, 0.5) is 5.69 Å². The fourth-order valence-corrected chi connectivity index (χ4v) is 2.15. The van der Waals surface area contributed by atoms with E-state index in [0.29, 0.717) is 18.0 Å². The third kappa shape index (κ3) is 4.78. The first-order chi connectivity index (χ1) is 11.5. The van der Waals surface area contributed by atoms with Gasteiger partial charge in [0.15, 0.2) is 0 Å². The first kappa shape index (κ1) is 17.4. The second-order valence-corrected chi connectivity index (χ2v) is 5.88. The van der Waals surface area contributed by atoms with Crippen molar-refractivity contribution in [1.82, 2.24) is 5.32 Å². The summed E-state index contributed by atoms with van der Waals surface area (Å²) in [4.78, 5) is 22.8. The first-order valence-corrected chi connectivity index (χ1v) is 7.77. The summed E-state index contributed by atoms with van der Waals surface area (Å²) in [5, 5.41) is 13.7. The number of benzene rings is 2. The third-order valence-corrected chi connectivity index (χ3v) is 3.42. The van der Waals surface area contributed by atoms with Gasteiger partial charge in [0.2, 0.25) is 0 Å². The van der Waals surface area contributed by atoms with Crippen molar-refractivity contribution < 1.29 is 9.72 Å². The number of nitro benzene ring substituents is 1. The summed E-state index contributed by atoms with van der Waals surface area (Å²) in [6.07, 6.45) is 1.74. The highest BCUT2D eigenvalue weighted by atomic mass is 16.6. The van der Waals surface area contributed by atoms with Crippen LogP contribution < -0.4 is 5.32 Å². The van der Waals surface area contributed by atoms with Gasteiger partial charge in [0, 0.05) is 24.3 Å². The molecular weight excluding hydrogens is 304 g/mol. The Hall–Kier alpha value is -2.95. The minimum Gasteiger partial charge on any atom is -0.352 e. The highest BCUT2D eigenvalue weighted by Gasteiger charge is 2.12. The molecule has 2 rings (SSSR count). The van der Waals surface area contributed by atoms with Gasteiger partial charge in [-0.25, -0.2) is 0 Å². The Morgan fingerprint density at radius 2 is 1.75 bits per heavy atom. The van der Waals surface area contributed by atoms with Gasteiger partial charge in [0.05, 0.1) is 4.92 Å². The summed E-state index contributed by atoms with van der Waals surface area (Å²) in [7, 11) is 0. The van der Waals surface area contributed by atoms with Crippen molar-refractivity contribution in [3.05, 3.63) is 75.8 Å². The van der Waals surface area contributed by atoms with Crippen LogP contribution in [0.25, 0.3) is 11.6 Å². The summed E-state index contributed by atoms with van der Waals surface area (Å²) < 4.78 is 0. The number of amides is 1. The lowest BCUT2D eigenvalue weighted by molar-refractivity contribution is -0.384. The van der Waals surface area contributed by atoms with Crippen LogP contribution >= 0.6 is 0 Å². The van der Waals surface area contributed by atoms with Gasteiger partial charge in [-0.2, -0.15) is 0 Å². The minimum absolute atomic E-state index is 0.0256. The lowest BCUT2D eigenvalue weighted by Gasteiger charge is -2.11. The molecule has 0 unspecified atom stereocenters. The van der Waals surface area contributed by atoms with Crippen LogP contribution in [0.1, 0.15) is 25.0 Å². The van der Waals surface area contributed by atoms with E-state index in [4.69, 9.17) is 0 Å². The number of non-ortho nitro benzene ring substituents is 1. The average molecular weight is 324 g/mol. The fraction of sp³-hybridized carbons (Fsp3) is 0.211. The zero-order chi connectivity index (χ0) is 17.5. The quantitative estimate of drug-likeness (QED) is 0.379. The van der Waals surface area contributed by atoms with Crippen molar-refractivity contribution in [2.75, 3.05) is 6.54 Å². The zero-order valence-corrected chi connectivity index (χ0v) is 13.7. The fourth-order valence-electron chi connectivity index (χ4n) is 2.15. The molecule has 0 spiro atoms. The molecule has 5 heteroatoms. The number of nitrogens with one attached hydrogen (secondary N) is 1. The second kappa shape index (κ2) is 8.06. The normalized spacial score (nSPS) is 11.4. The Bertz CT molecular complexity index is 735. The Morgan fingerprint density at radius 3 is 2.29 bits per heavy atom. The molecule has 0 radical (unpaired) electrons. The lowest BCUT2D eigenvalue weighted by atomic mass is 10.0. The van der Waals surface area contributed by atoms with Gasteiger partial charge >= 0.3 is 0 Å². The van der Waals surface area contributed by atoms with E-state index in [1.54, 1.807) is 18.2 Å². The van der Waals surface area contributed by atoms with Crippen molar-refractivity contribution in [3.8, 4) is 0 Å². The molecule has 2 aromatic carbocycles. The first-order valence-electron chi connectivity index (χ1n) is 7.77. The molecule has 0 saturated heterocycles. The van der Waals surface area contributed by atoms with Crippen LogP contribution in [0, 0.1) is 16.0 Å². The van der Waals surface area contributed by atoms with Gasteiger partial charge in [0.25, 0.3) is 11.6 Å². The van der Waals surface area contributed by atoms with Gasteiger partial charge in [-0.05, 0) is 35.3 Å². The van der Waals surface area contributed by atoms with E-state index < -0.39 is 4.92 Å². The summed E-state index contributed by atoms with van der Waals surface area (Å²) >= 11 is 0. The predicted molar refractivity (Wildman–Crippen MR) is 95.3 cm³/mol. The molecule has 0 aromatic heterocycles. The van der Waals surface area contributed by atoms with E-state index in [2.05, 4.69) is 5.32 Å². The maximum atomic E-state index is 12.5. The van der Waals surface area contributed by atoms with Gasteiger partial charge in [-0.15, -0.1) is 0 Å². The number of nitrogens with zero attached hydrogens (tertiary/aromatic N) is 1. The van der Waals surface area contributed by atoms with Gasteiger partial charge in [-0.1, -0.05) is 44.2 Å². The van der Waals surface area contributed by atoms with Crippen molar-refractivity contribution in [2.45, 2.75) is 13.8 Å². The zero-order valence-electron chi connectivity index (χ0n) is 13.7. The predicted octanol–water partition coefficient (Wildman–Crippen LogP) is 3.91. The Kier molecular flexibility index (Phi) is 5.84. The molecule has 0 saturated carbocycles. The Balaban J connectivity index is 2.34. The van der Waals surface area contributed by atoms with Crippen LogP contribution in [-0.4, -0.2) is 17.4 Å². The summed E-state index contributed by atoms with van der Waals surface area (Å²) in [5.74, 6) is 0.193. The molecule has 0 aliphatic rings. The highest BCUT2D eigenvalue weighted by molar-refractivity contribution is 6.24. The van der Waals surface area contributed by atoms with E-state index in [-0.39, 0.29) is 11.6 Å². The smallest absolute Gasteiger partial charge is 0.269 e. The van der Waals surface area contributed by atoms with E-state index in [1.165, 1.54) is 12.1 Å². The third-order valence-electron chi connectivity index (χ3n) is 3.42. The van der Waals surface area contributed by atoms with E-state index in [9.17, 15) is 14.9 Å². The molecule has 0 aliphatic carbocycles. The molecular formula is C19H20N2O3. The van der Waals surface area contributed by atoms with E-state index in [1.807, 2.05) is 44.2 Å². The van der Waals surface area contributed by atoms with Crippen LogP contribution in [0.3, 0.4) is 0 Å². The maximum Gasteiger partial charge on any atom is 0.269 e. The summed E-state index contributed by atoms with van der Waals surface area (Å²) in [6, 6.07) is 15.5. The summed E-state index contributed by atoms with van der Waals surface area (Å²) in [6.45, 7) is 4.65. The van der Waals surface area contributed by atoms with Gasteiger partial charge in [-0.3, -0.25) is 14.9 Å². The number of hydrogen-bond acceptors (Lipinski definition) is 3. The van der Waals surface area contributed by atoms with Crippen LogP contribution in [-0.2, 0) is 4.79 Å². The average Bonchev–Trinajstić information content (AvgIpc) is 2.58. The van der Waals surface area contributed by atoms with Crippen molar-refractivity contribution in [2.24, 2.45) is 5.92 Å². The minimum atomic E-state index is -0.444. The van der Waals surface area contributed by atoms with Crippen molar-refractivity contribution in [3.63, 3.8) is 0 Å². The van der Waals surface area contributed by atoms with Crippen LogP contribution in [0.5, 0.6) is 0 Å². The molecule has 0 bridgehead atoms. The standard InChI is InChI=1S/C19H20N2O3/c1-14(2)13-20-19(22)18(16-6-4-3-5-7-16)12-15-8-10-17(11-9-15)21(23)24/h3-12,14H,13H2,1-2H3,(H,20,22)/b18-12+. The maximum absolute atomic E-state index is 12.5. The largest absolute Gasteiger partial charge is 0.352 e. The van der Waals surface area contributed by atoms with Crippen LogP contribution in [0.15, 0.2) is 54.6 Å². The number of rotatable bonds is 6. The monoisotopic (exact) mass is 324 g/mol.